The van der Waals surface area contributed by atoms with Gasteiger partial charge in [-0.3, -0.25) is 0 Å². The first-order valence-electron chi connectivity index (χ1n) is 11.9. The van der Waals surface area contributed by atoms with Gasteiger partial charge in [0.05, 0.1) is 22.3 Å². The Labute approximate surface area is 272 Å². The van der Waals surface area contributed by atoms with Crippen LogP contribution in [0.2, 0.25) is 0 Å². The van der Waals surface area contributed by atoms with Gasteiger partial charge in [-0.25, -0.2) is 19.2 Å². The average Bonchev–Trinajstić information content (AvgIpc) is 2.90. The number of carbonyl (C=O) groups is 4. The topological polar surface area (TPSA) is 149 Å². The molecule has 0 aliphatic heterocycles. The lowest BCUT2D eigenvalue weighted by Crippen LogP contribution is -2.17. The third kappa shape index (κ3) is 6.51. The zero-order chi connectivity index (χ0) is 30.9. The van der Waals surface area contributed by atoms with E-state index in [4.69, 9.17) is 0 Å². The lowest BCUT2D eigenvalue weighted by molar-refractivity contribution is 0.0685. The summed E-state index contributed by atoms with van der Waals surface area (Å²) in [6, 6.07) is 19.1. The van der Waals surface area contributed by atoms with E-state index in [1.807, 2.05) is 0 Å². The van der Waals surface area contributed by atoms with Gasteiger partial charge in [0.25, 0.3) is 0 Å². The second-order valence-corrected chi connectivity index (χ2v) is 12.6. The van der Waals surface area contributed by atoms with Crippen molar-refractivity contribution < 1.29 is 39.6 Å². The van der Waals surface area contributed by atoms with Crippen molar-refractivity contribution in [1.29, 1.82) is 0 Å². The predicted molar refractivity (Wildman–Crippen MR) is 168 cm³/mol. The van der Waals surface area contributed by atoms with Crippen molar-refractivity contribution in [1.82, 2.24) is 0 Å². The summed E-state index contributed by atoms with van der Waals surface area (Å²) >= 11 is 13.4. The molecular weight excluding hydrogens is 808 g/mol. The van der Waals surface area contributed by atoms with Gasteiger partial charge in [-0.05, 0) is 135 Å². The standard InChI is InChI=1S/C30H18Br4O8/c31-21-9-13(1-5-17(21)27(35)36)25(14-2-6-18(28(37)38)22(32)10-14)26(15-3-7-19(29(39)40)23(33)11-15)16-4-8-20(30(41)42)24(34)12-16/h1-12,25-26H,(H,35,36)(H,37,38)(H,39,40)(H,41,42). The highest BCUT2D eigenvalue weighted by Crippen LogP contribution is 2.46. The van der Waals surface area contributed by atoms with Crippen LogP contribution in [0.5, 0.6) is 0 Å². The number of halogens is 4. The molecule has 12 heteroatoms. The Morgan fingerprint density at radius 2 is 0.595 bits per heavy atom. The Balaban J connectivity index is 2.07. The Hall–Kier alpha value is -3.32. The maximum Gasteiger partial charge on any atom is 0.336 e. The minimum Gasteiger partial charge on any atom is -0.478 e. The molecule has 42 heavy (non-hydrogen) atoms. The van der Waals surface area contributed by atoms with E-state index in [1.165, 1.54) is 24.3 Å². The first-order valence-corrected chi connectivity index (χ1v) is 15.1. The first-order chi connectivity index (χ1) is 19.8. The number of rotatable bonds is 9. The van der Waals surface area contributed by atoms with E-state index < -0.39 is 35.7 Å². The summed E-state index contributed by atoms with van der Waals surface area (Å²) in [6.45, 7) is 0. The van der Waals surface area contributed by atoms with Crippen LogP contribution < -0.4 is 0 Å². The first kappa shape index (κ1) is 31.6. The van der Waals surface area contributed by atoms with Gasteiger partial charge in [0.2, 0.25) is 0 Å². The molecule has 4 rings (SSSR count). The summed E-state index contributed by atoms with van der Waals surface area (Å²) < 4.78 is 1.29. The molecule has 0 aliphatic carbocycles. The maximum absolute atomic E-state index is 11.7. The summed E-state index contributed by atoms with van der Waals surface area (Å²) in [5.41, 5.74) is 2.79. The molecule has 214 valence electrons. The Bertz CT molecular complexity index is 1510. The van der Waals surface area contributed by atoms with Crippen LogP contribution in [-0.4, -0.2) is 44.3 Å². The molecule has 0 amide bonds. The van der Waals surface area contributed by atoms with Crippen LogP contribution in [0.3, 0.4) is 0 Å². The van der Waals surface area contributed by atoms with E-state index in [1.54, 1.807) is 48.5 Å². The number of hydrogen-bond acceptors (Lipinski definition) is 4. The smallest absolute Gasteiger partial charge is 0.336 e. The molecule has 0 saturated heterocycles. The summed E-state index contributed by atoms with van der Waals surface area (Å²) in [5, 5.41) is 38.4. The van der Waals surface area contributed by atoms with Gasteiger partial charge in [-0.2, -0.15) is 0 Å². The van der Waals surface area contributed by atoms with Crippen LogP contribution in [0.1, 0.15) is 75.5 Å². The molecule has 4 N–H and O–H groups in total. The van der Waals surface area contributed by atoms with Gasteiger partial charge in [0, 0.05) is 29.7 Å². The molecular formula is C30H18Br4O8. The fourth-order valence-corrected chi connectivity index (χ4v) is 7.01. The summed E-state index contributed by atoms with van der Waals surface area (Å²) in [5.74, 6) is -5.69. The van der Waals surface area contributed by atoms with Crippen LogP contribution in [-0.2, 0) is 0 Å². The van der Waals surface area contributed by atoms with Gasteiger partial charge in [-0.1, -0.05) is 24.3 Å². The van der Waals surface area contributed by atoms with E-state index in [9.17, 15) is 39.6 Å². The number of benzene rings is 4. The third-order valence-corrected chi connectivity index (χ3v) is 9.29. The minimum atomic E-state index is -1.13. The normalized spacial score (nSPS) is 11.1. The zero-order valence-corrected chi connectivity index (χ0v) is 27.4. The summed E-state index contributed by atoms with van der Waals surface area (Å²) in [7, 11) is 0. The highest BCUT2D eigenvalue weighted by molar-refractivity contribution is 9.11. The molecule has 0 unspecified atom stereocenters. The quantitative estimate of drug-likeness (QED) is 0.131. The van der Waals surface area contributed by atoms with Crippen LogP contribution in [0, 0.1) is 0 Å². The molecule has 0 aliphatic rings. The molecule has 0 radical (unpaired) electrons. The number of carboxylic acids is 4. The van der Waals surface area contributed by atoms with E-state index >= 15 is 0 Å². The lowest BCUT2D eigenvalue weighted by atomic mass is 9.73. The Kier molecular flexibility index (Phi) is 9.71. The highest BCUT2D eigenvalue weighted by atomic mass is 79.9. The second kappa shape index (κ2) is 12.9. The minimum absolute atomic E-state index is 0.0403. The predicted octanol–water partition coefficient (Wildman–Crippen LogP) is 8.49. The number of hydrogen-bond donors (Lipinski definition) is 4. The number of aromatic carboxylic acids is 4. The van der Waals surface area contributed by atoms with Crippen molar-refractivity contribution in [3.8, 4) is 0 Å². The van der Waals surface area contributed by atoms with E-state index in [2.05, 4.69) is 63.7 Å². The van der Waals surface area contributed by atoms with Crippen molar-refractivity contribution in [2.45, 2.75) is 11.8 Å². The van der Waals surface area contributed by atoms with Crippen molar-refractivity contribution in [3.05, 3.63) is 135 Å². The maximum atomic E-state index is 11.7. The highest BCUT2D eigenvalue weighted by Gasteiger charge is 2.31. The molecule has 0 fully saturated rings. The van der Waals surface area contributed by atoms with Crippen molar-refractivity contribution >= 4 is 87.6 Å². The molecule has 0 atom stereocenters. The zero-order valence-electron chi connectivity index (χ0n) is 21.0. The molecule has 0 heterocycles. The Morgan fingerprint density at radius 3 is 0.738 bits per heavy atom. The number of carboxylic acid groups (broad SMARTS) is 4. The molecule has 4 aromatic rings. The van der Waals surface area contributed by atoms with Crippen LogP contribution >= 0.6 is 63.7 Å². The fraction of sp³-hybridized carbons (Fsp3) is 0.0667. The monoisotopic (exact) mass is 822 g/mol. The van der Waals surface area contributed by atoms with Crippen molar-refractivity contribution in [2.24, 2.45) is 0 Å². The van der Waals surface area contributed by atoms with Crippen LogP contribution in [0.15, 0.2) is 90.7 Å². The molecule has 4 aromatic carbocycles. The molecule has 0 spiro atoms. The molecule has 8 nitrogen and oxygen atoms in total. The van der Waals surface area contributed by atoms with Crippen LogP contribution in [0.4, 0.5) is 0 Å². The average molecular weight is 826 g/mol. The van der Waals surface area contributed by atoms with Gasteiger partial charge in [0.1, 0.15) is 0 Å². The van der Waals surface area contributed by atoms with E-state index in [0.717, 1.165) is 0 Å². The molecule has 0 bridgehead atoms. The summed E-state index contributed by atoms with van der Waals surface area (Å²) in [4.78, 5) is 47.0. The van der Waals surface area contributed by atoms with E-state index in [-0.39, 0.29) is 22.3 Å². The van der Waals surface area contributed by atoms with Gasteiger partial charge in [-0.15, -0.1) is 0 Å². The SMILES string of the molecule is O=C(O)c1ccc(C(c2ccc(C(=O)O)c(Br)c2)C(c2ccc(C(=O)O)c(Br)c2)c2ccc(C(=O)O)c(Br)c2)cc1Br. The summed E-state index contributed by atoms with van der Waals surface area (Å²) in [6.07, 6.45) is 0. The fourth-order valence-electron chi connectivity index (χ4n) is 4.75. The van der Waals surface area contributed by atoms with Gasteiger partial charge in [0.15, 0.2) is 0 Å². The Morgan fingerprint density at radius 1 is 0.405 bits per heavy atom. The molecule has 0 aromatic heterocycles. The second-order valence-electron chi connectivity index (χ2n) is 9.13. The third-order valence-electron chi connectivity index (χ3n) is 6.66. The van der Waals surface area contributed by atoms with Crippen molar-refractivity contribution in [3.63, 3.8) is 0 Å². The largest absolute Gasteiger partial charge is 0.478 e. The van der Waals surface area contributed by atoms with Gasteiger partial charge >= 0.3 is 23.9 Å². The molecule has 0 saturated carbocycles. The van der Waals surface area contributed by atoms with Gasteiger partial charge < -0.3 is 20.4 Å². The van der Waals surface area contributed by atoms with E-state index in [0.29, 0.717) is 40.1 Å². The van der Waals surface area contributed by atoms with Crippen LogP contribution in [0.25, 0.3) is 0 Å². The van der Waals surface area contributed by atoms with Crippen molar-refractivity contribution in [2.75, 3.05) is 0 Å². The lowest BCUT2D eigenvalue weighted by Gasteiger charge is -2.30.